The Balaban J connectivity index is 2.59. The molecule has 90 valence electrons. The van der Waals surface area contributed by atoms with E-state index in [-0.39, 0.29) is 18.1 Å². The van der Waals surface area contributed by atoms with Crippen LogP contribution in [0.3, 0.4) is 0 Å². The van der Waals surface area contributed by atoms with Crippen LogP contribution in [0.1, 0.15) is 12.0 Å². The smallest absolute Gasteiger partial charge is 0.236 e. The summed E-state index contributed by atoms with van der Waals surface area (Å²) in [6, 6.07) is 6.10. The molecule has 0 atom stereocenters. The monoisotopic (exact) mass is 254 g/mol. The molecule has 0 aliphatic heterocycles. The van der Waals surface area contributed by atoms with E-state index < -0.39 is 0 Å². The summed E-state index contributed by atoms with van der Waals surface area (Å²) < 4.78 is 13.4. The van der Waals surface area contributed by atoms with E-state index in [0.29, 0.717) is 23.6 Å². The Kier molecular flexibility index (Phi) is 4.92. The number of nitrogens with zero attached hydrogens (tertiary/aromatic N) is 2. The van der Waals surface area contributed by atoms with Crippen LogP contribution < -0.4 is 0 Å². The van der Waals surface area contributed by atoms with E-state index in [1.807, 2.05) is 0 Å². The van der Waals surface area contributed by atoms with Crippen molar-refractivity contribution in [3.05, 3.63) is 34.6 Å². The number of hydrogen-bond acceptors (Lipinski definition) is 2. The fourth-order valence-electron chi connectivity index (χ4n) is 1.35. The molecule has 0 heterocycles. The van der Waals surface area contributed by atoms with Crippen LogP contribution in [0.4, 0.5) is 4.39 Å². The van der Waals surface area contributed by atoms with Gasteiger partial charge in [0.2, 0.25) is 5.91 Å². The topological polar surface area (TPSA) is 44.1 Å². The Hall–Kier alpha value is -1.60. The van der Waals surface area contributed by atoms with Crippen molar-refractivity contribution in [2.45, 2.75) is 12.8 Å². The van der Waals surface area contributed by atoms with Crippen LogP contribution in [-0.4, -0.2) is 24.4 Å². The molecule has 17 heavy (non-hydrogen) atoms. The van der Waals surface area contributed by atoms with Crippen LogP contribution >= 0.6 is 11.6 Å². The van der Waals surface area contributed by atoms with E-state index in [0.717, 1.165) is 0 Å². The van der Waals surface area contributed by atoms with E-state index in [4.69, 9.17) is 16.9 Å². The SMILES string of the molecule is CN(CCc1cc(Cl)ccc1F)C(=O)CC#N. The molecule has 1 aromatic rings. The van der Waals surface area contributed by atoms with Gasteiger partial charge in [0.15, 0.2) is 0 Å². The van der Waals surface area contributed by atoms with Gasteiger partial charge in [0.25, 0.3) is 0 Å². The lowest BCUT2D eigenvalue weighted by atomic mass is 10.1. The number of halogens is 2. The van der Waals surface area contributed by atoms with Crippen molar-refractivity contribution in [1.29, 1.82) is 5.26 Å². The largest absolute Gasteiger partial charge is 0.345 e. The van der Waals surface area contributed by atoms with Gasteiger partial charge in [0.1, 0.15) is 12.2 Å². The minimum absolute atomic E-state index is 0.158. The molecular formula is C12H12ClFN2O. The van der Waals surface area contributed by atoms with Gasteiger partial charge in [-0.25, -0.2) is 4.39 Å². The number of hydrogen-bond donors (Lipinski definition) is 0. The molecular weight excluding hydrogens is 243 g/mol. The molecule has 0 aliphatic carbocycles. The number of carbonyl (C=O) groups is 1. The molecule has 1 aromatic carbocycles. The first kappa shape index (κ1) is 13.5. The summed E-state index contributed by atoms with van der Waals surface area (Å²) in [5.74, 6) is -0.606. The average Bonchev–Trinajstić information content (AvgIpc) is 2.30. The average molecular weight is 255 g/mol. The van der Waals surface area contributed by atoms with Crippen LogP contribution in [0.25, 0.3) is 0 Å². The van der Waals surface area contributed by atoms with Gasteiger partial charge in [-0.2, -0.15) is 5.26 Å². The van der Waals surface area contributed by atoms with Gasteiger partial charge in [-0.15, -0.1) is 0 Å². The second-order valence-electron chi connectivity index (χ2n) is 3.64. The summed E-state index contributed by atoms with van der Waals surface area (Å²) in [6.45, 7) is 0.359. The zero-order chi connectivity index (χ0) is 12.8. The van der Waals surface area contributed by atoms with Crippen LogP contribution in [0, 0.1) is 17.1 Å². The van der Waals surface area contributed by atoms with E-state index in [1.165, 1.54) is 17.0 Å². The molecule has 3 nitrogen and oxygen atoms in total. The van der Waals surface area contributed by atoms with Gasteiger partial charge in [-0.3, -0.25) is 4.79 Å². The maximum Gasteiger partial charge on any atom is 0.236 e. The van der Waals surface area contributed by atoms with Crippen molar-refractivity contribution in [2.75, 3.05) is 13.6 Å². The zero-order valence-electron chi connectivity index (χ0n) is 9.41. The Morgan fingerprint density at radius 3 is 2.94 bits per heavy atom. The summed E-state index contributed by atoms with van der Waals surface area (Å²) in [4.78, 5) is 12.7. The first-order valence-electron chi connectivity index (χ1n) is 5.09. The highest BCUT2D eigenvalue weighted by molar-refractivity contribution is 6.30. The quantitative estimate of drug-likeness (QED) is 0.828. The second-order valence-corrected chi connectivity index (χ2v) is 4.07. The third-order valence-corrected chi connectivity index (χ3v) is 2.62. The first-order chi connectivity index (χ1) is 8.04. The second kappa shape index (κ2) is 6.21. The molecule has 0 unspecified atom stereocenters. The minimum atomic E-state index is -0.337. The fraction of sp³-hybridized carbons (Fsp3) is 0.333. The molecule has 0 radical (unpaired) electrons. The third-order valence-electron chi connectivity index (χ3n) is 2.38. The Morgan fingerprint density at radius 2 is 2.29 bits per heavy atom. The van der Waals surface area contributed by atoms with Crippen LogP contribution in [0.2, 0.25) is 5.02 Å². The highest BCUT2D eigenvalue weighted by Crippen LogP contribution is 2.15. The summed E-state index contributed by atoms with van der Waals surface area (Å²) >= 11 is 5.75. The molecule has 0 saturated carbocycles. The minimum Gasteiger partial charge on any atom is -0.345 e. The molecule has 0 bridgehead atoms. The molecule has 0 aliphatic rings. The molecule has 0 N–H and O–H groups in total. The van der Waals surface area contributed by atoms with Gasteiger partial charge in [0.05, 0.1) is 6.07 Å². The maximum atomic E-state index is 13.4. The normalized spacial score (nSPS) is 9.76. The fourth-order valence-corrected chi connectivity index (χ4v) is 1.55. The lowest BCUT2D eigenvalue weighted by Gasteiger charge is -2.15. The number of rotatable bonds is 4. The number of amides is 1. The van der Waals surface area contributed by atoms with Gasteiger partial charge < -0.3 is 4.90 Å². The van der Waals surface area contributed by atoms with Gasteiger partial charge >= 0.3 is 0 Å². The Bertz CT molecular complexity index is 456. The van der Waals surface area contributed by atoms with Crippen molar-refractivity contribution >= 4 is 17.5 Å². The van der Waals surface area contributed by atoms with Crippen molar-refractivity contribution in [2.24, 2.45) is 0 Å². The lowest BCUT2D eigenvalue weighted by molar-refractivity contribution is -0.128. The van der Waals surface area contributed by atoms with E-state index in [9.17, 15) is 9.18 Å². The van der Waals surface area contributed by atoms with Crippen molar-refractivity contribution in [1.82, 2.24) is 4.90 Å². The summed E-state index contributed by atoms with van der Waals surface area (Å²) in [6.07, 6.45) is 0.217. The molecule has 0 saturated heterocycles. The predicted molar refractivity (Wildman–Crippen MR) is 63.0 cm³/mol. The highest BCUT2D eigenvalue weighted by Gasteiger charge is 2.09. The Labute approximate surface area is 104 Å². The zero-order valence-corrected chi connectivity index (χ0v) is 10.2. The summed E-state index contributed by atoms with van der Waals surface area (Å²) in [5, 5.41) is 8.84. The Morgan fingerprint density at radius 1 is 1.59 bits per heavy atom. The molecule has 1 amide bonds. The van der Waals surface area contributed by atoms with Crippen molar-refractivity contribution < 1.29 is 9.18 Å². The first-order valence-corrected chi connectivity index (χ1v) is 5.47. The van der Waals surface area contributed by atoms with E-state index in [2.05, 4.69) is 0 Å². The number of nitriles is 1. The van der Waals surface area contributed by atoms with Gasteiger partial charge in [-0.1, -0.05) is 11.6 Å². The number of carbonyl (C=O) groups excluding carboxylic acids is 1. The molecule has 5 heteroatoms. The summed E-state index contributed by atoms with van der Waals surface area (Å²) in [7, 11) is 1.59. The van der Waals surface area contributed by atoms with Gasteiger partial charge in [-0.05, 0) is 30.2 Å². The third kappa shape index (κ3) is 4.04. The molecule has 1 rings (SSSR count). The highest BCUT2D eigenvalue weighted by atomic mass is 35.5. The van der Waals surface area contributed by atoms with Gasteiger partial charge in [0, 0.05) is 18.6 Å². The number of likely N-dealkylation sites (N-methyl/N-ethyl adjacent to an activating group) is 1. The molecule has 0 spiro atoms. The summed E-state index contributed by atoms with van der Waals surface area (Å²) in [5.41, 5.74) is 0.467. The molecule has 0 aromatic heterocycles. The van der Waals surface area contributed by atoms with E-state index >= 15 is 0 Å². The van der Waals surface area contributed by atoms with Crippen LogP contribution in [-0.2, 0) is 11.2 Å². The molecule has 0 fully saturated rings. The van der Waals surface area contributed by atoms with Crippen LogP contribution in [0.5, 0.6) is 0 Å². The number of benzene rings is 1. The van der Waals surface area contributed by atoms with Crippen LogP contribution in [0.15, 0.2) is 18.2 Å². The van der Waals surface area contributed by atoms with Crippen molar-refractivity contribution in [3.63, 3.8) is 0 Å². The predicted octanol–water partition coefficient (Wildman–Crippen LogP) is 2.39. The lowest BCUT2D eigenvalue weighted by Crippen LogP contribution is -2.28. The standard InChI is InChI=1S/C12H12ClFN2O/c1-16(12(17)4-6-15)7-5-9-8-10(13)2-3-11(9)14/h2-3,8H,4-5,7H2,1H3. The van der Waals surface area contributed by atoms with E-state index in [1.54, 1.807) is 19.2 Å². The maximum absolute atomic E-state index is 13.4. The van der Waals surface area contributed by atoms with Crippen molar-refractivity contribution in [3.8, 4) is 6.07 Å².